The van der Waals surface area contributed by atoms with Gasteiger partial charge in [0.15, 0.2) is 0 Å². The largest absolute Gasteiger partial charge is 0.467 e. The van der Waals surface area contributed by atoms with E-state index in [4.69, 9.17) is 9.15 Å². The first-order valence-electron chi connectivity index (χ1n) is 8.59. The van der Waals surface area contributed by atoms with Crippen molar-refractivity contribution in [2.75, 3.05) is 13.2 Å². The highest BCUT2D eigenvalue weighted by molar-refractivity contribution is 5.77. The summed E-state index contributed by atoms with van der Waals surface area (Å²) in [4.78, 5) is 25.9. The van der Waals surface area contributed by atoms with Crippen molar-refractivity contribution < 1.29 is 18.7 Å². The highest BCUT2D eigenvalue weighted by Crippen LogP contribution is 2.11. The highest BCUT2D eigenvalue weighted by Gasteiger charge is 2.17. The predicted molar refractivity (Wildman–Crippen MR) is 94.9 cm³/mol. The Morgan fingerprint density at radius 1 is 1.12 bits per heavy atom. The summed E-state index contributed by atoms with van der Waals surface area (Å²) in [6.07, 6.45) is 2.83. The van der Waals surface area contributed by atoms with E-state index in [0.29, 0.717) is 38.3 Å². The lowest BCUT2D eigenvalue weighted by atomic mass is 10.1. The molecule has 1 heterocycles. The van der Waals surface area contributed by atoms with Crippen molar-refractivity contribution in [2.45, 2.75) is 39.7 Å². The van der Waals surface area contributed by atoms with E-state index in [0.717, 1.165) is 5.56 Å². The molecular weight excluding hydrogens is 318 g/mol. The third kappa shape index (κ3) is 6.45. The molecule has 0 unspecified atom stereocenters. The molecule has 1 amide bonds. The van der Waals surface area contributed by atoms with Crippen LogP contribution in [0.15, 0.2) is 47.1 Å². The third-order valence-corrected chi connectivity index (χ3v) is 3.92. The van der Waals surface area contributed by atoms with Gasteiger partial charge in [-0.1, -0.05) is 29.8 Å². The molecule has 2 rings (SSSR count). The molecule has 0 saturated heterocycles. The van der Waals surface area contributed by atoms with Crippen molar-refractivity contribution >= 4 is 11.9 Å². The zero-order valence-electron chi connectivity index (χ0n) is 14.9. The van der Waals surface area contributed by atoms with Gasteiger partial charge in [0.05, 0.1) is 25.8 Å². The van der Waals surface area contributed by atoms with Crippen LogP contribution in [0.2, 0.25) is 0 Å². The van der Waals surface area contributed by atoms with E-state index in [1.54, 1.807) is 24.2 Å². The van der Waals surface area contributed by atoms with Crippen LogP contribution in [-0.4, -0.2) is 29.9 Å². The second kappa shape index (κ2) is 9.67. The molecule has 5 nitrogen and oxygen atoms in total. The normalized spacial score (nSPS) is 10.5. The number of benzene rings is 1. The molecule has 0 N–H and O–H groups in total. The van der Waals surface area contributed by atoms with Gasteiger partial charge in [-0.25, -0.2) is 0 Å². The van der Waals surface area contributed by atoms with Crippen molar-refractivity contribution in [2.24, 2.45) is 0 Å². The first kappa shape index (κ1) is 18.8. The van der Waals surface area contributed by atoms with Crippen LogP contribution in [0.3, 0.4) is 0 Å². The molecule has 5 heteroatoms. The van der Waals surface area contributed by atoms with Crippen molar-refractivity contribution in [3.05, 3.63) is 59.5 Å². The number of ether oxygens (including phenoxy) is 1. The second-order valence-electron chi connectivity index (χ2n) is 5.94. The van der Waals surface area contributed by atoms with E-state index in [-0.39, 0.29) is 18.3 Å². The lowest BCUT2D eigenvalue weighted by Crippen LogP contribution is -2.33. The summed E-state index contributed by atoms with van der Waals surface area (Å²) in [5, 5.41) is 0. The number of nitrogens with zero attached hydrogens (tertiary/aromatic N) is 1. The fraction of sp³-hybridized carbons (Fsp3) is 0.400. The number of amides is 1. The summed E-state index contributed by atoms with van der Waals surface area (Å²) >= 11 is 0. The zero-order valence-corrected chi connectivity index (χ0v) is 14.9. The lowest BCUT2D eigenvalue weighted by Gasteiger charge is -2.21. The van der Waals surface area contributed by atoms with Crippen molar-refractivity contribution in [3.8, 4) is 0 Å². The van der Waals surface area contributed by atoms with Gasteiger partial charge in [-0.3, -0.25) is 9.59 Å². The Morgan fingerprint density at radius 3 is 2.52 bits per heavy atom. The molecule has 25 heavy (non-hydrogen) atoms. The zero-order chi connectivity index (χ0) is 18.1. The van der Waals surface area contributed by atoms with Gasteiger partial charge >= 0.3 is 5.97 Å². The Morgan fingerprint density at radius 2 is 1.88 bits per heavy atom. The number of rotatable bonds is 9. The van der Waals surface area contributed by atoms with Gasteiger partial charge in [0.2, 0.25) is 5.91 Å². The predicted octanol–water partition coefficient (Wildman–Crippen LogP) is 3.50. The van der Waals surface area contributed by atoms with Gasteiger partial charge in [0, 0.05) is 13.0 Å². The smallest absolute Gasteiger partial charge is 0.307 e. The lowest BCUT2D eigenvalue weighted by molar-refractivity contribution is -0.144. The van der Waals surface area contributed by atoms with Gasteiger partial charge in [0.25, 0.3) is 0 Å². The van der Waals surface area contributed by atoms with E-state index >= 15 is 0 Å². The average molecular weight is 343 g/mol. The number of furan rings is 1. The van der Waals surface area contributed by atoms with Gasteiger partial charge in [0.1, 0.15) is 5.76 Å². The van der Waals surface area contributed by atoms with Gasteiger partial charge in [-0.05, 0) is 38.0 Å². The molecule has 1 aromatic heterocycles. The molecule has 134 valence electrons. The highest BCUT2D eigenvalue weighted by atomic mass is 16.5. The second-order valence-corrected chi connectivity index (χ2v) is 5.94. The first-order chi connectivity index (χ1) is 12.1. The summed E-state index contributed by atoms with van der Waals surface area (Å²) in [6.45, 7) is 4.84. The summed E-state index contributed by atoms with van der Waals surface area (Å²) in [5.41, 5.74) is 2.33. The molecule has 0 fully saturated rings. The van der Waals surface area contributed by atoms with Crippen molar-refractivity contribution in [3.63, 3.8) is 0 Å². The maximum atomic E-state index is 12.6. The van der Waals surface area contributed by atoms with Crippen LogP contribution in [0, 0.1) is 6.92 Å². The van der Waals surface area contributed by atoms with Crippen LogP contribution >= 0.6 is 0 Å². The van der Waals surface area contributed by atoms with Gasteiger partial charge < -0.3 is 14.1 Å². The summed E-state index contributed by atoms with van der Waals surface area (Å²) in [5.74, 6) is 0.409. The summed E-state index contributed by atoms with van der Waals surface area (Å²) < 4.78 is 10.3. The van der Waals surface area contributed by atoms with Crippen molar-refractivity contribution in [1.82, 2.24) is 4.90 Å². The monoisotopic (exact) mass is 343 g/mol. The Balaban J connectivity index is 1.93. The standard InChI is InChI=1S/C20H25NO4/c1-3-24-20(23)12-13-21(15-18-5-4-14-25-18)19(22)11-10-17-8-6-16(2)7-9-17/h4-9,14H,3,10-13,15H2,1-2H3. The molecule has 0 spiro atoms. The number of esters is 1. The minimum Gasteiger partial charge on any atom is -0.467 e. The maximum absolute atomic E-state index is 12.6. The Labute approximate surface area is 148 Å². The van der Waals surface area contributed by atoms with Crippen LogP contribution in [0.5, 0.6) is 0 Å². The van der Waals surface area contributed by atoms with E-state index in [1.165, 1.54) is 5.56 Å². The number of carbonyl (C=O) groups is 2. The number of hydrogen-bond acceptors (Lipinski definition) is 4. The minimum atomic E-state index is -0.293. The topological polar surface area (TPSA) is 59.8 Å². The number of hydrogen-bond donors (Lipinski definition) is 0. The summed E-state index contributed by atoms with van der Waals surface area (Å²) in [6, 6.07) is 11.8. The first-order valence-corrected chi connectivity index (χ1v) is 8.59. The number of aryl methyl sites for hydroxylation is 2. The Bertz CT molecular complexity index is 662. The van der Waals surface area contributed by atoms with E-state index in [2.05, 4.69) is 0 Å². The Kier molecular flexibility index (Phi) is 7.26. The molecule has 0 bridgehead atoms. The minimum absolute atomic E-state index is 0.00118. The molecule has 0 aliphatic rings. The molecule has 0 saturated carbocycles. The van der Waals surface area contributed by atoms with Crippen LogP contribution in [-0.2, 0) is 27.3 Å². The average Bonchev–Trinajstić information content (AvgIpc) is 3.11. The Hall–Kier alpha value is -2.56. The summed E-state index contributed by atoms with van der Waals surface area (Å²) in [7, 11) is 0. The maximum Gasteiger partial charge on any atom is 0.307 e. The molecule has 2 aromatic rings. The van der Waals surface area contributed by atoms with E-state index in [1.807, 2.05) is 37.3 Å². The fourth-order valence-electron chi connectivity index (χ4n) is 2.51. The van der Waals surface area contributed by atoms with Gasteiger partial charge in [-0.15, -0.1) is 0 Å². The fourth-order valence-corrected chi connectivity index (χ4v) is 2.51. The van der Waals surface area contributed by atoms with E-state index in [9.17, 15) is 9.59 Å². The molecular formula is C20H25NO4. The van der Waals surface area contributed by atoms with Crippen molar-refractivity contribution in [1.29, 1.82) is 0 Å². The van der Waals surface area contributed by atoms with Crippen LogP contribution in [0.4, 0.5) is 0 Å². The molecule has 0 aliphatic carbocycles. The molecule has 0 atom stereocenters. The third-order valence-electron chi connectivity index (χ3n) is 3.92. The van der Waals surface area contributed by atoms with Crippen LogP contribution in [0.1, 0.15) is 36.7 Å². The number of carbonyl (C=O) groups excluding carboxylic acids is 2. The SMILES string of the molecule is CCOC(=O)CCN(Cc1ccco1)C(=O)CCc1ccc(C)cc1. The molecule has 1 aromatic carbocycles. The van der Waals surface area contributed by atoms with Crippen LogP contribution in [0.25, 0.3) is 0 Å². The van der Waals surface area contributed by atoms with Crippen LogP contribution < -0.4 is 0 Å². The van der Waals surface area contributed by atoms with E-state index < -0.39 is 0 Å². The molecule has 0 radical (unpaired) electrons. The van der Waals surface area contributed by atoms with Gasteiger partial charge in [-0.2, -0.15) is 0 Å². The molecule has 0 aliphatic heterocycles. The quantitative estimate of drug-likeness (QED) is 0.654.